The molecule has 0 aliphatic carbocycles. The summed E-state index contributed by atoms with van der Waals surface area (Å²) in [5, 5.41) is 3.25. The summed E-state index contributed by atoms with van der Waals surface area (Å²) in [6.07, 6.45) is 0. The van der Waals surface area contributed by atoms with Gasteiger partial charge in [-0.2, -0.15) is 11.8 Å². The molecule has 1 saturated heterocycles. The first-order chi connectivity index (χ1) is 9.16. The number of thioether (sulfide) groups is 1. The highest BCUT2D eigenvalue weighted by Gasteiger charge is 2.17. The molecule has 1 aromatic rings. The molecule has 1 amide bonds. The highest BCUT2D eigenvalue weighted by molar-refractivity contribution is 9.10. The minimum absolute atomic E-state index is 0.202. The van der Waals surface area contributed by atoms with E-state index in [0.29, 0.717) is 12.3 Å². The van der Waals surface area contributed by atoms with E-state index in [1.165, 1.54) is 0 Å². The van der Waals surface area contributed by atoms with Gasteiger partial charge < -0.3 is 10.2 Å². The molecule has 1 heterocycles. The van der Waals surface area contributed by atoms with Crippen LogP contribution in [0.3, 0.4) is 0 Å². The third-order valence-corrected chi connectivity index (χ3v) is 5.17. The minimum atomic E-state index is 0.202. The first-order valence-corrected chi connectivity index (χ1v) is 8.37. The van der Waals surface area contributed by atoms with E-state index in [4.69, 9.17) is 0 Å². The van der Waals surface area contributed by atoms with E-state index in [-0.39, 0.29) is 5.91 Å². The quantitative estimate of drug-likeness (QED) is 0.861. The lowest BCUT2D eigenvalue weighted by Gasteiger charge is -2.26. The van der Waals surface area contributed by atoms with Crippen molar-refractivity contribution in [1.82, 2.24) is 10.2 Å². The number of carbonyl (C=O) groups excluding carboxylic acids is 1. The van der Waals surface area contributed by atoms with Crippen LogP contribution in [0.15, 0.2) is 28.7 Å². The summed E-state index contributed by atoms with van der Waals surface area (Å²) in [4.78, 5) is 13.8. The largest absolute Gasteiger partial charge is 0.341 e. The van der Waals surface area contributed by atoms with Crippen molar-refractivity contribution in [2.75, 3.05) is 31.6 Å². The first-order valence-electron chi connectivity index (χ1n) is 6.42. The van der Waals surface area contributed by atoms with Gasteiger partial charge in [0.1, 0.15) is 0 Å². The van der Waals surface area contributed by atoms with Crippen LogP contribution in [0.2, 0.25) is 0 Å². The Hall–Kier alpha value is -0.520. The van der Waals surface area contributed by atoms with Gasteiger partial charge in [-0.3, -0.25) is 4.79 Å². The summed E-state index contributed by atoms with van der Waals surface area (Å²) in [5.74, 6) is 2.62. The molecule has 0 aromatic heterocycles. The topological polar surface area (TPSA) is 32.3 Å². The van der Waals surface area contributed by atoms with Gasteiger partial charge in [-0.15, -0.1) is 0 Å². The Labute approximate surface area is 127 Å². The van der Waals surface area contributed by atoms with Gasteiger partial charge in [0.2, 0.25) is 5.91 Å². The van der Waals surface area contributed by atoms with Crippen LogP contribution in [-0.4, -0.2) is 42.4 Å². The molecular formula is C14H19BrN2OS. The molecule has 0 saturated carbocycles. The number of halogens is 1. The zero-order valence-electron chi connectivity index (χ0n) is 11.1. The van der Waals surface area contributed by atoms with E-state index < -0.39 is 0 Å². The highest BCUT2D eigenvalue weighted by atomic mass is 79.9. The molecule has 19 heavy (non-hydrogen) atoms. The van der Waals surface area contributed by atoms with Gasteiger partial charge in [0, 0.05) is 18.1 Å². The van der Waals surface area contributed by atoms with Gasteiger partial charge in [-0.25, -0.2) is 0 Å². The smallest absolute Gasteiger partial charge is 0.232 e. The molecule has 2 rings (SSSR count). The van der Waals surface area contributed by atoms with Crippen LogP contribution < -0.4 is 5.32 Å². The molecule has 1 aliphatic rings. The Morgan fingerprint density at radius 1 is 1.47 bits per heavy atom. The second-order valence-electron chi connectivity index (χ2n) is 4.88. The number of hydrogen-bond acceptors (Lipinski definition) is 3. The molecule has 104 valence electrons. The molecule has 1 aliphatic heterocycles. The summed E-state index contributed by atoms with van der Waals surface area (Å²) in [5.41, 5.74) is 1.14. The van der Waals surface area contributed by atoms with E-state index in [1.807, 2.05) is 31.3 Å². The van der Waals surface area contributed by atoms with Crippen molar-refractivity contribution in [1.29, 1.82) is 0 Å². The Morgan fingerprint density at radius 2 is 2.21 bits per heavy atom. The van der Waals surface area contributed by atoms with Crippen LogP contribution in [0.4, 0.5) is 0 Å². The lowest BCUT2D eigenvalue weighted by molar-refractivity contribution is -0.127. The maximum atomic E-state index is 12.0. The number of nitrogens with one attached hydrogen (secondary N) is 1. The standard InChI is InChI=1S/C14H19BrN2OS/c1-17(8-12-4-2-3-5-13(12)15)14(18)10-19-9-11-6-16-7-11/h2-5,11,16H,6-10H2,1H3. The van der Waals surface area contributed by atoms with Gasteiger partial charge in [0.05, 0.1) is 5.75 Å². The molecule has 0 spiro atoms. The SMILES string of the molecule is CN(Cc1ccccc1Br)C(=O)CSCC1CNC1. The Bertz CT molecular complexity index is 437. The summed E-state index contributed by atoms with van der Waals surface area (Å²) < 4.78 is 1.06. The predicted molar refractivity (Wildman–Crippen MR) is 84.3 cm³/mol. The monoisotopic (exact) mass is 342 g/mol. The fourth-order valence-corrected chi connectivity index (χ4v) is 3.35. The maximum Gasteiger partial charge on any atom is 0.232 e. The molecular weight excluding hydrogens is 324 g/mol. The van der Waals surface area contributed by atoms with Gasteiger partial charge in [-0.05, 0) is 36.4 Å². The molecule has 3 nitrogen and oxygen atoms in total. The lowest BCUT2D eigenvalue weighted by atomic mass is 10.1. The molecule has 0 radical (unpaired) electrons. The molecule has 1 N–H and O–H groups in total. The van der Waals surface area contributed by atoms with Gasteiger partial charge in [0.25, 0.3) is 0 Å². The van der Waals surface area contributed by atoms with Crippen molar-refractivity contribution in [3.05, 3.63) is 34.3 Å². The maximum absolute atomic E-state index is 12.0. The van der Waals surface area contributed by atoms with Crippen molar-refractivity contribution in [3.8, 4) is 0 Å². The number of nitrogens with zero attached hydrogens (tertiary/aromatic N) is 1. The lowest BCUT2D eigenvalue weighted by Crippen LogP contribution is -2.43. The summed E-state index contributed by atoms with van der Waals surface area (Å²) in [6, 6.07) is 8.03. The molecule has 0 unspecified atom stereocenters. The molecule has 1 aromatic carbocycles. The number of benzene rings is 1. The number of carbonyl (C=O) groups is 1. The van der Waals surface area contributed by atoms with Crippen LogP contribution in [0, 0.1) is 5.92 Å². The number of hydrogen-bond donors (Lipinski definition) is 1. The first kappa shape index (κ1) is 14.9. The Balaban J connectivity index is 1.73. The van der Waals surface area contributed by atoms with Crippen molar-refractivity contribution < 1.29 is 4.79 Å². The Kier molecular flexibility index (Phi) is 5.73. The molecule has 5 heteroatoms. The van der Waals surface area contributed by atoms with Gasteiger partial charge in [0.15, 0.2) is 0 Å². The second kappa shape index (κ2) is 7.31. The molecule has 0 bridgehead atoms. The fraction of sp³-hybridized carbons (Fsp3) is 0.500. The van der Waals surface area contributed by atoms with Crippen LogP contribution in [-0.2, 0) is 11.3 Å². The van der Waals surface area contributed by atoms with Crippen LogP contribution in [0.1, 0.15) is 5.56 Å². The third-order valence-electron chi connectivity index (χ3n) is 3.24. The van der Waals surface area contributed by atoms with Gasteiger partial charge >= 0.3 is 0 Å². The number of rotatable bonds is 6. The van der Waals surface area contributed by atoms with Crippen LogP contribution in [0.25, 0.3) is 0 Å². The highest BCUT2D eigenvalue weighted by Crippen LogP contribution is 2.18. The van der Waals surface area contributed by atoms with E-state index in [9.17, 15) is 4.79 Å². The van der Waals surface area contributed by atoms with Crippen LogP contribution >= 0.6 is 27.7 Å². The van der Waals surface area contributed by atoms with E-state index in [1.54, 1.807) is 16.7 Å². The number of amides is 1. The average Bonchev–Trinajstić information content (AvgIpc) is 2.34. The predicted octanol–water partition coefficient (Wildman–Crippen LogP) is 2.36. The molecule has 1 fully saturated rings. The normalized spacial score (nSPS) is 15.1. The second-order valence-corrected chi connectivity index (χ2v) is 6.77. The summed E-state index contributed by atoms with van der Waals surface area (Å²) in [7, 11) is 1.87. The van der Waals surface area contributed by atoms with Crippen molar-refractivity contribution in [3.63, 3.8) is 0 Å². The third kappa shape index (κ3) is 4.51. The molecule has 0 atom stereocenters. The minimum Gasteiger partial charge on any atom is -0.341 e. The Morgan fingerprint density at radius 3 is 2.84 bits per heavy atom. The van der Waals surface area contributed by atoms with Crippen molar-refractivity contribution >= 4 is 33.6 Å². The summed E-state index contributed by atoms with van der Waals surface area (Å²) in [6.45, 7) is 2.87. The van der Waals surface area contributed by atoms with E-state index in [0.717, 1.165) is 34.8 Å². The van der Waals surface area contributed by atoms with Crippen LogP contribution in [0.5, 0.6) is 0 Å². The zero-order valence-corrected chi connectivity index (χ0v) is 13.5. The zero-order chi connectivity index (χ0) is 13.7. The summed E-state index contributed by atoms with van der Waals surface area (Å²) >= 11 is 5.26. The van der Waals surface area contributed by atoms with Gasteiger partial charge in [-0.1, -0.05) is 34.1 Å². The van der Waals surface area contributed by atoms with Crippen molar-refractivity contribution in [2.24, 2.45) is 5.92 Å². The van der Waals surface area contributed by atoms with E-state index in [2.05, 4.69) is 21.2 Å². The fourth-order valence-electron chi connectivity index (χ4n) is 1.86. The van der Waals surface area contributed by atoms with E-state index >= 15 is 0 Å². The average molecular weight is 343 g/mol. The van der Waals surface area contributed by atoms with Crippen molar-refractivity contribution in [2.45, 2.75) is 6.54 Å².